The van der Waals surface area contributed by atoms with E-state index in [9.17, 15) is 0 Å². The molecule has 0 fully saturated rings. The van der Waals surface area contributed by atoms with Gasteiger partial charge in [0.25, 0.3) is 0 Å². The quantitative estimate of drug-likeness (QED) is 0.772. The van der Waals surface area contributed by atoms with Crippen LogP contribution in [0.5, 0.6) is 0 Å². The fraction of sp³-hybridized carbons (Fsp3) is 0.500. The molecule has 5 heteroatoms. The molecule has 0 amide bonds. The van der Waals surface area contributed by atoms with E-state index in [1.807, 2.05) is 32.0 Å². The maximum Gasteiger partial charge on any atom is 0.174 e. The third-order valence-electron chi connectivity index (χ3n) is 2.10. The third-order valence-corrected chi connectivity index (χ3v) is 2.90. The highest BCUT2D eigenvalue weighted by Crippen LogP contribution is 2.25. The predicted octanol–water partition coefficient (Wildman–Crippen LogP) is 3.91. The molecule has 0 aliphatic carbocycles. The van der Waals surface area contributed by atoms with Gasteiger partial charge in [-0.2, -0.15) is 0 Å². The number of hydrogen-bond donors (Lipinski definition) is 1. The molecule has 0 saturated carbocycles. The molecule has 17 heavy (non-hydrogen) atoms. The van der Waals surface area contributed by atoms with Crippen molar-refractivity contribution in [3.8, 4) is 0 Å². The normalized spacial score (nSPS) is 10.9. The van der Waals surface area contributed by atoms with Gasteiger partial charge in [-0.15, -0.1) is 0 Å². The molecule has 0 aliphatic heterocycles. The maximum atomic E-state index is 6.09. The number of nitrogens with one attached hydrogen (secondary N) is 1. The fourth-order valence-corrected chi connectivity index (χ4v) is 2.10. The van der Waals surface area contributed by atoms with Crippen molar-refractivity contribution in [2.24, 2.45) is 0 Å². The Morgan fingerprint density at radius 2 is 1.94 bits per heavy atom. The molecule has 0 bridgehead atoms. The lowest BCUT2D eigenvalue weighted by molar-refractivity contribution is -0.126. The van der Waals surface area contributed by atoms with Crippen LogP contribution < -0.4 is 5.32 Å². The van der Waals surface area contributed by atoms with E-state index in [4.69, 9.17) is 21.1 Å². The molecular weight excluding hydrogens is 305 g/mol. The Labute approximate surface area is 116 Å². The van der Waals surface area contributed by atoms with E-state index in [1.54, 1.807) is 0 Å². The molecule has 1 aromatic carbocycles. The molecule has 0 saturated heterocycles. The van der Waals surface area contributed by atoms with Gasteiger partial charge >= 0.3 is 0 Å². The molecule has 3 nitrogen and oxygen atoms in total. The van der Waals surface area contributed by atoms with Crippen LogP contribution >= 0.6 is 27.5 Å². The second-order valence-electron chi connectivity index (χ2n) is 3.35. The Balaban J connectivity index is 2.52. The zero-order valence-electron chi connectivity index (χ0n) is 10.0. The number of ether oxygens (including phenoxy) is 2. The lowest BCUT2D eigenvalue weighted by Crippen LogP contribution is -2.26. The van der Waals surface area contributed by atoms with Gasteiger partial charge in [0.1, 0.15) is 0 Å². The third kappa shape index (κ3) is 5.25. The van der Waals surface area contributed by atoms with Crippen LogP contribution in [0.4, 0.5) is 5.69 Å². The summed E-state index contributed by atoms with van der Waals surface area (Å²) in [6, 6.07) is 5.70. The van der Waals surface area contributed by atoms with Crippen LogP contribution in [0.3, 0.4) is 0 Å². The largest absolute Gasteiger partial charge is 0.379 e. The number of halogens is 2. The summed E-state index contributed by atoms with van der Waals surface area (Å²) in [7, 11) is 0. The summed E-state index contributed by atoms with van der Waals surface area (Å²) in [5.74, 6) is 0. The SMILES string of the molecule is CCOC(CNc1ccc(Br)cc1Cl)OCC. The van der Waals surface area contributed by atoms with Crippen molar-refractivity contribution in [2.45, 2.75) is 20.1 Å². The van der Waals surface area contributed by atoms with E-state index < -0.39 is 0 Å². The molecule has 0 heterocycles. The van der Waals surface area contributed by atoms with Crippen molar-refractivity contribution in [1.29, 1.82) is 0 Å². The number of benzene rings is 1. The van der Waals surface area contributed by atoms with Crippen LogP contribution in [-0.2, 0) is 9.47 Å². The van der Waals surface area contributed by atoms with Gasteiger partial charge in [-0.25, -0.2) is 0 Å². The first kappa shape index (κ1) is 14.8. The standard InChI is InChI=1S/C12H17BrClNO2/c1-3-16-12(17-4-2)8-15-11-6-5-9(13)7-10(11)14/h5-7,12,15H,3-4,8H2,1-2H3. The summed E-state index contributed by atoms with van der Waals surface area (Å²) < 4.78 is 11.8. The van der Waals surface area contributed by atoms with Gasteiger partial charge in [0.05, 0.1) is 17.3 Å². The maximum absolute atomic E-state index is 6.09. The highest BCUT2D eigenvalue weighted by atomic mass is 79.9. The second kappa shape index (κ2) is 7.93. The fourth-order valence-electron chi connectivity index (χ4n) is 1.36. The van der Waals surface area contributed by atoms with E-state index in [0.29, 0.717) is 24.8 Å². The highest BCUT2D eigenvalue weighted by Gasteiger charge is 2.08. The van der Waals surface area contributed by atoms with Crippen LogP contribution in [-0.4, -0.2) is 26.0 Å². The minimum atomic E-state index is -0.246. The van der Waals surface area contributed by atoms with Crippen molar-refractivity contribution in [3.63, 3.8) is 0 Å². The van der Waals surface area contributed by atoms with Gasteiger partial charge in [0.15, 0.2) is 6.29 Å². The van der Waals surface area contributed by atoms with E-state index in [2.05, 4.69) is 21.2 Å². The molecule has 1 rings (SSSR count). The number of anilines is 1. The Bertz CT molecular complexity index is 343. The smallest absolute Gasteiger partial charge is 0.174 e. The second-order valence-corrected chi connectivity index (χ2v) is 4.67. The molecule has 1 aromatic rings. The van der Waals surface area contributed by atoms with Crippen molar-refractivity contribution >= 4 is 33.2 Å². The lowest BCUT2D eigenvalue weighted by Gasteiger charge is -2.18. The molecule has 0 radical (unpaired) electrons. The van der Waals surface area contributed by atoms with Crippen LogP contribution in [0, 0.1) is 0 Å². The summed E-state index contributed by atoms with van der Waals surface area (Å²) in [6.45, 7) is 5.71. The van der Waals surface area contributed by atoms with Crippen molar-refractivity contribution in [2.75, 3.05) is 25.1 Å². The molecule has 0 aliphatic rings. The Kier molecular flexibility index (Phi) is 6.89. The Morgan fingerprint density at radius 1 is 1.29 bits per heavy atom. The monoisotopic (exact) mass is 321 g/mol. The molecular formula is C12H17BrClNO2. The predicted molar refractivity (Wildman–Crippen MR) is 74.7 cm³/mol. The summed E-state index contributed by atoms with van der Waals surface area (Å²) >= 11 is 9.46. The van der Waals surface area contributed by atoms with Crippen LogP contribution in [0.2, 0.25) is 5.02 Å². The minimum absolute atomic E-state index is 0.246. The first-order valence-corrected chi connectivity index (χ1v) is 6.76. The topological polar surface area (TPSA) is 30.5 Å². The van der Waals surface area contributed by atoms with Gasteiger partial charge in [-0.1, -0.05) is 27.5 Å². The van der Waals surface area contributed by atoms with Crippen LogP contribution in [0.1, 0.15) is 13.8 Å². The van der Waals surface area contributed by atoms with Gasteiger partial charge in [0.2, 0.25) is 0 Å². The van der Waals surface area contributed by atoms with Crippen molar-refractivity contribution in [3.05, 3.63) is 27.7 Å². The lowest BCUT2D eigenvalue weighted by atomic mass is 10.3. The highest BCUT2D eigenvalue weighted by molar-refractivity contribution is 9.10. The summed E-state index contributed by atoms with van der Waals surface area (Å²) in [5.41, 5.74) is 0.874. The van der Waals surface area contributed by atoms with E-state index in [-0.39, 0.29) is 6.29 Å². The molecule has 0 atom stereocenters. The first-order valence-electron chi connectivity index (χ1n) is 5.59. The van der Waals surface area contributed by atoms with Crippen LogP contribution in [0.25, 0.3) is 0 Å². The van der Waals surface area contributed by atoms with Gasteiger partial charge in [0, 0.05) is 17.7 Å². The van der Waals surface area contributed by atoms with Crippen molar-refractivity contribution < 1.29 is 9.47 Å². The number of rotatable bonds is 7. The average Bonchev–Trinajstić information content (AvgIpc) is 2.28. The van der Waals surface area contributed by atoms with Crippen LogP contribution in [0.15, 0.2) is 22.7 Å². The molecule has 96 valence electrons. The van der Waals surface area contributed by atoms with E-state index in [1.165, 1.54) is 0 Å². The summed E-state index contributed by atoms with van der Waals surface area (Å²) in [5, 5.41) is 3.88. The Hall–Kier alpha value is -0.290. The molecule has 0 spiro atoms. The van der Waals surface area contributed by atoms with Gasteiger partial charge in [-0.3, -0.25) is 0 Å². The minimum Gasteiger partial charge on any atom is -0.379 e. The average molecular weight is 323 g/mol. The van der Waals surface area contributed by atoms with Gasteiger partial charge < -0.3 is 14.8 Å². The van der Waals surface area contributed by atoms with E-state index in [0.717, 1.165) is 10.2 Å². The molecule has 0 aromatic heterocycles. The number of hydrogen-bond acceptors (Lipinski definition) is 3. The van der Waals surface area contributed by atoms with E-state index >= 15 is 0 Å². The van der Waals surface area contributed by atoms with Crippen molar-refractivity contribution in [1.82, 2.24) is 0 Å². The summed E-state index contributed by atoms with van der Waals surface area (Å²) in [4.78, 5) is 0. The van der Waals surface area contributed by atoms with Gasteiger partial charge in [-0.05, 0) is 32.0 Å². The Morgan fingerprint density at radius 3 is 2.47 bits per heavy atom. The first-order chi connectivity index (χ1) is 8.17. The summed E-state index contributed by atoms with van der Waals surface area (Å²) in [6.07, 6.45) is -0.246. The zero-order valence-corrected chi connectivity index (χ0v) is 12.3. The molecule has 0 unspecified atom stereocenters. The zero-order chi connectivity index (χ0) is 12.7. The molecule has 1 N–H and O–H groups in total.